The molecule has 1 N–H and O–H groups in total. The van der Waals surface area contributed by atoms with Crippen molar-refractivity contribution < 1.29 is 14.7 Å². The van der Waals surface area contributed by atoms with Crippen LogP contribution >= 0.6 is 0 Å². The smallest absolute Gasteiger partial charge is 0.306 e. The molecule has 2 saturated heterocycles. The van der Waals surface area contributed by atoms with Gasteiger partial charge in [-0.3, -0.25) is 9.59 Å². The molecular formula is C14H19N3O3. The third-order valence-electron chi connectivity index (χ3n) is 3.93. The number of likely N-dealkylation sites (tertiary alicyclic amines) is 2. The number of piperidine rings is 1. The average molecular weight is 277 g/mol. The number of nitrogens with zero attached hydrogens (tertiary/aromatic N) is 3. The second-order valence-corrected chi connectivity index (χ2v) is 5.30. The molecule has 1 amide bonds. The van der Waals surface area contributed by atoms with Gasteiger partial charge >= 0.3 is 5.97 Å². The highest BCUT2D eigenvalue weighted by atomic mass is 16.4. The lowest BCUT2D eigenvalue weighted by Gasteiger charge is -2.30. The largest absolute Gasteiger partial charge is 0.481 e. The molecule has 0 atom stereocenters. The number of carbonyl (C=O) groups excluding carboxylic acids is 1. The molecule has 2 aliphatic rings. The van der Waals surface area contributed by atoms with Crippen molar-refractivity contribution >= 4 is 11.9 Å². The number of rotatable bonds is 3. The first kappa shape index (κ1) is 14.4. The number of amides is 1. The Balaban J connectivity index is 1.96. The van der Waals surface area contributed by atoms with Crippen LogP contribution in [-0.4, -0.2) is 53.0 Å². The van der Waals surface area contributed by atoms with E-state index in [-0.39, 0.29) is 17.4 Å². The highest BCUT2D eigenvalue weighted by molar-refractivity contribution is 5.97. The van der Waals surface area contributed by atoms with Gasteiger partial charge in [0.25, 0.3) is 5.91 Å². The van der Waals surface area contributed by atoms with Gasteiger partial charge in [0.15, 0.2) is 0 Å². The van der Waals surface area contributed by atoms with Gasteiger partial charge in [-0.2, -0.15) is 5.26 Å². The monoisotopic (exact) mass is 277 g/mol. The summed E-state index contributed by atoms with van der Waals surface area (Å²) in [7, 11) is 0. The van der Waals surface area contributed by atoms with Crippen molar-refractivity contribution in [3.8, 4) is 6.07 Å². The fourth-order valence-electron chi connectivity index (χ4n) is 2.69. The lowest BCUT2D eigenvalue weighted by atomic mass is 9.97. The summed E-state index contributed by atoms with van der Waals surface area (Å²) in [4.78, 5) is 26.7. The Morgan fingerprint density at radius 3 is 2.25 bits per heavy atom. The van der Waals surface area contributed by atoms with Crippen molar-refractivity contribution in [3.05, 3.63) is 11.8 Å². The Bertz CT molecular complexity index is 453. The minimum atomic E-state index is -0.801. The van der Waals surface area contributed by atoms with E-state index >= 15 is 0 Å². The standard InChI is InChI=1S/C14H19N3O3/c15-9-12(10-16-5-1-2-6-16)13(18)17-7-3-11(4-8-17)14(19)20/h10-11H,1-8H2,(H,19,20)/b12-10-. The Hall–Kier alpha value is -2.03. The predicted octanol–water partition coefficient (Wildman–Crippen LogP) is 0.813. The van der Waals surface area contributed by atoms with Crippen LogP contribution < -0.4 is 0 Å². The van der Waals surface area contributed by atoms with Crippen LogP contribution in [0.3, 0.4) is 0 Å². The molecule has 20 heavy (non-hydrogen) atoms. The van der Waals surface area contributed by atoms with E-state index in [2.05, 4.69) is 0 Å². The highest BCUT2D eigenvalue weighted by Crippen LogP contribution is 2.19. The van der Waals surface area contributed by atoms with E-state index in [4.69, 9.17) is 10.4 Å². The normalized spacial score (nSPS) is 20.9. The molecule has 108 valence electrons. The molecule has 0 aliphatic carbocycles. The maximum absolute atomic E-state index is 12.3. The van der Waals surface area contributed by atoms with Crippen LogP contribution in [0.5, 0.6) is 0 Å². The van der Waals surface area contributed by atoms with Crippen LogP contribution in [0.25, 0.3) is 0 Å². The first-order valence-electron chi connectivity index (χ1n) is 7.00. The van der Waals surface area contributed by atoms with Crippen molar-refractivity contribution in [2.75, 3.05) is 26.2 Å². The van der Waals surface area contributed by atoms with Crippen LogP contribution in [-0.2, 0) is 9.59 Å². The molecule has 0 bridgehead atoms. The van der Waals surface area contributed by atoms with Crippen LogP contribution in [0.15, 0.2) is 11.8 Å². The third-order valence-corrected chi connectivity index (χ3v) is 3.93. The Morgan fingerprint density at radius 1 is 1.15 bits per heavy atom. The number of hydrogen-bond acceptors (Lipinski definition) is 4. The van der Waals surface area contributed by atoms with Gasteiger partial charge in [0.2, 0.25) is 0 Å². The summed E-state index contributed by atoms with van der Waals surface area (Å²) in [6.45, 7) is 2.60. The third kappa shape index (κ3) is 3.29. The zero-order valence-electron chi connectivity index (χ0n) is 11.4. The van der Waals surface area contributed by atoms with E-state index in [1.54, 1.807) is 11.1 Å². The van der Waals surface area contributed by atoms with Gasteiger partial charge in [-0.25, -0.2) is 0 Å². The summed E-state index contributed by atoms with van der Waals surface area (Å²) in [5.74, 6) is -1.44. The number of nitriles is 1. The summed E-state index contributed by atoms with van der Waals surface area (Å²) in [5, 5.41) is 18.1. The molecule has 0 radical (unpaired) electrons. The summed E-state index contributed by atoms with van der Waals surface area (Å²) in [6, 6.07) is 1.97. The van der Waals surface area contributed by atoms with Crippen LogP contribution in [0.1, 0.15) is 25.7 Å². The van der Waals surface area contributed by atoms with Crippen LogP contribution in [0.4, 0.5) is 0 Å². The summed E-state index contributed by atoms with van der Waals surface area (Å²) in [6.07, 6.45) is 4.76. The van der Waals surface area contributed by atoms with Gasteiger partial charge in [-0.05, 0) is 25.7 Å². The zero-order chi connectivity index (χ0) is 14.5. The highest BCUT2D eigenvalue weighted by Gasteiger charge is 2.28. The maximum Gasteiger partial charge on any atom is 0.306 e. The summed E-state index contributed by atoms with van der Waals surface area (Å²) in [5.41, 5.74) is 0.153. The van der Waals surface area contributed by atoms with Gasteiger partial charge < -0.3 is 14.9 Å². The fraction of sp³-hybridized carbons (Fsp3) is 0.643. The zero-order valence-corrected chi connectivity index (χ0v) is 11.4. The van der Waals surface area contributed by atoms with Crippen molar-refractivity contribution in [2.24, 2.45) is 5.92 Å². The number of carboxylic acids is 1. The molecule has 0 unspecified atom stereocenters. The van der Waals surface area contributed by atoms with Gasteiger partial charge in [0, 0.05) is 32.4 Å². The van der Waals surface area contributed by atoms with E-state index in [9.17, 15) is 9.59 Å². The first-order valence-corrected chi connectivity index (χ1v) is 7.00. The number of hydrogen-bond donors (Lipinski definition) is 1. The summed E-state index contributed by atoms with van der Waals surface area (Å²) >= 11 is 0. The van der Waals surface area contributed by atoms with Crippen LogP contribution in [0.2, 0.25) is 0 Å². The minimum absolute atomic E-state index is 0.153. The van der Waals surface area contributed by atoms with Gasteiger partial charge in [-0.15, -0.1) is 0 Å². The molecule has 0 spiro atoms. The number of aliphatic carboxylic acids is 1. The molecule has 2 fully saturated rings. The molecule has 0 aromatic heterocycles. The van der Waals surface area contributed by atoms with Crippen LogP contribution in [0, 0.1) is 17.2 Å². The lowest BCUT2D eigenvalue weighted by Crippen LogP contribution is -2.41. The molecule has 2 heterocycles. The number of carbonyl (C=O) groups is 2. The molecule has 6 nitrogen and oxygen atoms in total. The molecule has 0 aromatic carbocycles. The maximum atomic E-state index is 12.3. The van der Waals surface area contributed by atoms with Crippen molar-refractivity contribution in [2.45, 2.75) is 25.7 Å². The molecule has 0 aromatic rings. The molecular weight excluding hydrogens is 258 g/mol. The second-order valence-electron chi connectivity index (χ2n) is 5.30. The second kappa shape index (κ2) is 6.42. The lowest BCUT2D eigenvalue weighted by molar-refractivity contribution is -0.145. The molecule has 0 saturated carbocycles. The Kier molecular flexibility index (Phi) is 4.61. The Morgan fingerprint density at radius 2 is 1.75 bits per heavy atom. The average Bonchev–Trinajstić information content (AvgIpc) is 2.97. The molecule has 2 aliphatic heterocycles. The van der Waals surface area contributed by atoms with Gasteiger partial charge in [-0.1, -0.05) is 0 Å². The Labute approximate surface area is 118 Å². The van der Waals surface area contributed by atoms with E-state index in [1.165, 1.54) is 0 Å². The van der Waals surface area contributed by atoms with E-state index in [0.29, 0.717) is 25.9 Å². The van der Waals surface area contributed by atoms with Gasteiger partial charge in [0.1, 0.15) is 11.6 Å². The van der Waals surface area contributed by atoms with E-state index < -0.39 is 5.97 Å². The quantitative estimate of drug-likeness (QED) is 0.609. The summed E-state index contributed by atoms with van der Waals surface area (Å²) < 4.78 is 0. The minimum Gasteiger partial charge on any atom is -0.481 e. The van der Waals surface area contributed by atoms with Crippen molar-refractivity contribution in [3.63, 3.8) is 0 Å². The molecule has 2 rings (SSSR count). The predicted molar refractivity (Wildman–Crippen MR) is 71.4 cm³/mol. The van der Waals surface area contributed by atoms with E-state index in [0.717, 1.165) is 25.9 Å². The topological polar surface area (TPSA) is 84.6 Å². The first-order chi connectivity index (χ1) is 9.61. The molecule has 6 heteroatoms. The number of carboxylic acid groups (broad SMARTS) is 1. The van der Waals surface area contributed by atoms with Crippen molar-refractivity contribution in [1.82, 2.24) is 9.80 Å². The van der Waals surface area contributed by atoms with Crippen molar-refractivity contribution in [1.29, 1.82) is 5.26 Å². The van der Waals surface area contributed by atoms with Gasteiger partial charge in [0.05, 0.1) is 5.92 Å². The van der Waals surface area contributed by atoms with E-state index in [1.807, 2.05) is 11.0 Å². The fourth-order valence-corrected chi connectivity index (χ4v) is 2.69. The SMILES string of the molecule is N#C/C(=C/N1CCCC1)C(=O)N1CCC(C(=O)O)CC1.